The first-order chi connectivity index (χ1) is 11.9. The van der Waals surface area contributed by atoms with Crippen LogP contribution in [-0.2, 0) is 10.0 Å². The lowest BCUT2D eigenvalue weighted by molar-refractivity contribution is 0.598. The van der Waals surface area contributed by atoms with Gasteiger partial charge in [0.25, 0.3) is 10.0 Å². The molecular formula is C18H19N3O2S2. The molecule has 0 unspecified atom stereocenters. The second-order valence-electron chi connectivity index (χ2n) is 6.03. The van der Waals surface area contributed by atoms with E-state index in [2.05, 4.69) is 23.2 Å². The van der Waals surface area contributed by atoms with Crippen molar-refractivity contribution in [2.45, 2.75) is 24.7 Å². The molecule has 0 N–H and O–H groups in total. The molecule has 25 heavy (non-hydrogen) atoms. The molecule has 0 atom stereocenters. The average Bonchev–Trinajstić information content (AvgIpc) is 3.07. The molecule has 7 heteroatoms. The van der Waals surface area contributed by atoms with Crippen molar-refractivity contribution >= 4 is 43.6 Å². The van der Waals surface area contributed by atoms with E-state index in [4.69, 9.17) is 0 Å². The van der Waals surface area contributed by atoms with Gasteiger partial charge in [0.2, 0.25) is 0 Å². The normalized spacial score (nSPS) is 12.3. The molecule has 0 aliphatic rings. The van der Waals surface area contributed by atoms with Crippen molar-refractivity contribution in [1.29, 1.82) is 0 Å². The van der Waals surface area contributed by atoms with Crippen LogP contribution in [0.15, 0.2) is 57.3 Å². The van der Waals surface area contributed by atoms with E-state index in [0.717, 1.165) is 15.9 Å². The van der Waals surface area contributed by atoms with Crippen LogP contribution < -0.4 is 4.90 Å². The lowest BCUT2D eigenvalue weighted by atomic mass is 10.0. The first kappa shape index (κ1) is 17.6. The first-order valence-corrected chi connectivity index (χ1v) is 10.2. The van der Waals surface area contributed by atoms with Gasteiger partial charge in [0.1, 0.15) is 6.34 Å². The summed E-state index contributed by atoms with van der Waals surface area (Å²) in [4.78, 5) is 6.01. The molecule has 0 bridgehead atoms. The lowest BCUT2D eigenvalue weighted by Crippen LogP contribution is -2.15. The van der Waals surface area contributed by atoms with Gasteiger partial charge in [0.15, 0.2) is 0 Å². The Hall–Kier alpha value is -2.25. The van der Waals surface area contributed by atoms with Crippen LogP contribution >= 0.6 is 11.3 Å². The topological polar surface area (TPSA) is 62.6 Å². The van der Waals surface area contributed by atoms with Gasteiger partial charge in [-0.1, -0.05) is 26.0 Å². The SMILES string of the molecule is CC(C)c1ccc(N(C)C=NS(=O)(=O)c2ccc3ncsc3c2)cc1. The quantitative estimate of drug-likeness (QED) is 0.495. The number of thiazole rings is 1. The minimum absolute atomic E-state index is 0.170. The van der Waals surface area contributed by atoms with E-state index in [-0.39, 0.29) is 4.90 Å². The maximum absolute atomic E-state index is 12.4. The van der Waals surface area contributed by atoms with E-state index in [0.29, 0.717) is 5.92 Å². The Kier molecular flexibility index (Phi) is 4.87. The summed E-state index contributed by atoms with van der Waals surface area (Å²) in [5.41, 5.74) is 4.59. The zero-order valence-corrected chi connectivity index (χ0v) is 15.9. The van der Waals surface area contributed by atoms with Crippen LogP contribution in [-0.4, -0.2) is 26.8 Å². The van der Waals surface area contributed by atoms with E-state index in [1.54, 1.807) is 29.6 Å². The molecule has 0 aliphatic heterocycles. The fourth-order valence-electron chi connectivity index (χ4n) is 2.35. The zero-order chi connectivity index (χ0) is 18.0. The third kappa shape index (κ3) is 3.88. The third-order valence-corrected chi connectivity index (χ3v) is 5.94. The number of anilines is 1. The van der Waals surface area contributed by atoms with E-state index < -0.39 is 10.0 Å². The molecule has 1 heterocycles. The largest absolute Gasteiger partial charge is 0.335 e. The molecule has 0 saturated heterocycles. The molecule has 130 valence electrons. The molecule has 5 nitrogen and oxygen atoms in total. The van der Waals surface area contributed by atoms with Crippen LogP contribution in [0.3, 0.4) is 0 Å². The molecule has 0 aliphatic carbocycles. The van der Waals surface area contributed by atoms with Gasteiger partial charge in [-0.2, -0.15) is 8.42 Å². The summed E-state index contributed by atoms with van der Waals surface area (Å²) in [5.74, 6) is 0.454. The van der Waals surface area contributed by atoms with E-state index >= 15 is 0 Å². The Bertz CT molecular complexity index is 1010. The second kappa shape index (κ2) is 6.93. The molecule has 0 fully saturated rings. The minimum atomic E-state index is -3.75. The van der Waals surface area contributed by atoms with Crippen LogP contribution in [0.25, 0.3) is 10.2 Å². The van der Waals surface area contributed by atoms with E-state index in [1.807, 2.05) is 24.3 Å². The highest BCUT2D eigenvalue weighted by Gasteiger charge is 2.13. The summed E-state index contributed by atoms with van der Waals surface area (Å²) in [7, 11) is -1.97. The summed E-state index contributed by atoms with van der Waals surface area (Å²) < 4.78 is 29.5. The summed E-state index contributed by atoms with van der Waals surface area (Å²) in [6.45, 7) is 4.26. The second-order valence-corrected chi connectivity index (χ2v) is 8.55. The Labute approximate surface area is 151 Å². The van der Waals surface area contributed by atoms with Crippen LogP contribution in [0.1, 0.15) is 25.3 Å². The van der Waals surface area contributed by atoms with Gasteiger partial charge >= 0.3 is 0 Å². The molecule has 0 saturated carbocycles. The van der Waals surface area contributed by atoms with E-state index in [1.165, 1.54) is 29.3 Å². The standard InChI is InChI=1S/C18H19N3O2S2/c1-13(2)14-4-6-15(7-5-14)21(3)11-20-25(22,23)16-8-9-17-18(10-16)24-12-19-17/h4-13H,1-3H3. The van der Waals surface area contributed by atoms with Crippen molar-refractivity contribution in [2.75, 3.05) is 11.9 Å². The predicted octanol–water partition coefficient (Wildman–Crippen LogP) is 4.27. The summed E-state index contributed by atoms with van der Waals surface area (Å²) in [6, 6.07) is 12.8. The van der Waals surface area contributed by atoms with Gasteiger partial charge in [-0.15, -0.1) is 15.7 Å². The fourth-order valence-corrected chi connectivity index (χ4v) is 4.04. The Balaban J connectivity index is 1.81. The molecule has 0 spiro atoms. The molecular weight excluding hydrogens is 354 g/mol. The first-order valence-electron chi connectivity index (χ1n) is 7.83. The van der Waals surface area contributed by atoms with Gasteiger partial charge in [-0.3, -0.25) is 0 Å². The maximum Gasteiger partial charge on any atom is 0.283 e. The maximum atomic E-state index is 12.4. The summed E-state index contributed by atoms with van der Waals surface area (Å²) >= 11 is 1.40. The average molecular weight is 374 g/mol. The van der Waals surface area contributed by atoms with Crippen LogP contribution in [0.2, 0.25) is 0 Å². The molecule has 3 aromatic rings. The summed E-state index contributed by atoms with van der Waals surface area (Å²) in [6.07, 6.45) is 1.33. The number of nitrogens with zero attached hydrogens (tertiary/aromatic N) is 3. The number of benzene rings is 2. The van der Waals surface area contributed by atoms with Crippen LogP contribution in [0.5, 0.6) is 0 Å². The predicted molar refractivity (Wildman–Crippen MR) is 104 cm³/mol. The molecule has 3 rings (SSSR count). The monoisotopic (exact) mass is 373 g/mol. The van der Waals surface area contributed by atoms with Gasteiger partial charge in [0.05, 0.1) is 20.6 Å². The molecule has 1 aromatic heterocycles. The number of fused-ring (bicyclic) bond motifs is 1. The third-order valence-electron chi connectivity index (χ3n) is 3.93. The Morgan fingerprint density at radius 3 is 2.56 bits per heavy atom. The highest BCUT2D eigenvalue weighted by atomic mass is 32.2. The lowest BCUT2D eigenvalue weighted by Gasteiger charge is -2.14. The van der Waals surface area contributed by atoms with Crippen molar-refractivity contribution in [3.8, 4) is 0 Å². The Morgan fingerprint density at radius 2 is 1.88 bits per heavy atom. The Morgan fingerprint density at radius 1 is 1.16 bits per heavy atom. The van der Waals surface area contributed by atoms with Crippen molar-refractivity contribution in [2.24, 2.45) is 4.40 Å². The van der Waals surface area contributed by atoms with Crippen LogP contribution in [0.4, 0.5) is 5.69 Å². The molecule has 2 aromatic carbocycles. The van der Waals surface area contributed by atoms with Crippen molar-refractivity contribution < 1.29 is 8.42 Å². The number of sulfonamides is 1. The van der Waals surface area contributed by atoms with E-state index in [9.17, 15) is 8.42 Å². The van der Waals surface area contributed by atoms with Gasteiger partial charge in [0, 0.05) is 12.7 Å². The zero-order valence-electron chi connectivity index (χ0n) is 14.2. The van der Waals surface area contributed by atoms with Gasteiger partial charge < -0.3 is 4.90 Å². The van der Waals surface area contributed by atoms with Gasteiger partial charge in [-0.25, -0.2) is 4.98 Å². The number of hydrogen-bond donors (Lipinski definition) is 0. The number of rotatable bonds is 5. The minimum Gasteiger partial charge on any atom is -0.335 e. The molecule has 0 amide bonds. The van der Waals surface area contributed by atoms with Crippen molar-refractivity contribution in [3.05, 3.63) is 53.5 Å². The van der Waals surface area contributed by atoms with Crippen molar-refractivity contribution in [1.82, 2.24) is 4.98 Å². The smallest absolute Gasteiger partial charge is 0.283 e. The summed E-state index contributed by atoms with van der Waals surface area (Å²) in [5, 5.41) is 0. The highest BCUT2D eigenvalue weighted by molar-refractivity contribution is 7.90. The van der Waals surface area contributed by atoms with Crippen molar-refractivity contribution in [3.63, 3.8) is 0 Å². The number of hydrogen-bond acceptors (Lipinski definition) is 4. The fraction of sp³-hybridized carbons (Fsp3) is 0.222. The van der Waals surface area contributed by atoms with Gasteiger partial charge in [-0.05, 0) is 41.8 Å². The highest BCUT2D eigenvalue weighted by Crippen LogP contribution is 2.23. The number of aromatic nitrogens is 1. The van der Waals surface area contributed by atoms with Crippen LogP contribution in [0, 0.1) is 0 Å². The molecule has 0 radical (unpaired) electrons.